The van der Waals surface area contributed by atoms with Crippen molar-refractivity contribution in [3.63, 3.8) is 0 Å². The van der Waals surface area contributed by atoms with Gasteiger partial charge in [0, 0.05) is 26.2 Å². The van der Waals surface area contributed by atoms with Crippen LogP contribution >= 0.6 is 0 Å². The van der Waals surface area contributed by atoms with E-state index in [2.05, 4.69) is 21.6 Å². The van der Waals surface area contributed by atoms with E-state index in [9.17, 15) is 17.6 Å². The molecule has 1 aliphatic heterocycles. The average Bonchev–Trinajstić information content (AvgIpc) is 2.49. The Hall–Kier alpha value is -1.34. The zero-order valence-electron chi connectivity index (χ0n) is 13.2. The smallest absolute Gasteiger partial charge is 0.428 e. The molecule has 0 unspecified atom stereocenters. The second kappa shape index (κ2) is 7.97. The van der Waals surface area contributed by atoms with Gasteiger partial charge in [0.1, 0.15) is 5.75 Å². The summed E-state index contributed by atoms with van der Waals surface area (Å²) in [6, 6.07) is 6.00. The summed E-state index contributed by atoms with van der Waals surface area (Å²) in [6.07, 6.45) is -6.72. The first-order valence-corrected chi connectivity index (χ1v) is 7.71. The molecular weight excluding hydrogens is 312 g/mol. The summed E-state index contributed by atoms with van der Waals surface area (Å²) in [5.41, 5.74) is 0.807. The molecule has 1 heterocycles. The highest BCUT2D eigenvalue weighted by Gasteiger charge is 2.43. The normalized spacial score (nSPS) is 17.7. The standard InChI is InChI=1S/C16H22F4N2O/c1-21-8-10-22(11-9-21)7-3-5-13-4-2-6-14(12-13)23-16(19,20)15(17)18/h2,4,6,12,15H,3,5,7-11H2,1H3. The molecule has 0 bridgehead atoms. The molecule has 0 N–H and O–H groups in total. The largest absolute Gasteiger partial charge is 0.461 e. The quantitative estimate of drug-likeness (QED) is 0.713. The number of benzene rings is 1. The van der Waals surface area contributed by atoms with Gasteiger partial charge in [-0.2, -0.15) is 17.6 Å². The predicted octanol–water partition coefficient (Wildman–Crippen LogP) is 3.10. The van der Waals surface area contributed by atoms with Crippen LogP contribution in [0.1, 0.15) is 12.0 Å². The minimum Gasteiger partial charge on any atom is -0.428 e. The molecule has 0 saturated carbocycles. The van der Waals surface area contributed by atoms with Crippen molar-refractivity contribution in [3.05, 3.63) is 29.8 Å². The van der Waals surface area contributed by atoms with Gasteiger partial charge in [-0.25, -0.2) is 0 Å². The lowest BCUT2D eigenvalue weighted by atomic mass is 10.1. The van der Waals surface area contributed by atoms with Gasteiger partial charge in [-0.3, -0.25) is 0 Å². The van der Waals surface area contributed by atoms with E-state index >= 15 is 0 Å². The van der Waals surface area contributed by atoms with Crippen molar-refractivity contribution in [2.45, 2.75) is 25.4 Å². The van der Waals surface area contributed by atoms with Crippen LogP contribution in [0.15, 0.2) is 24.3 Å². The molecule has 1 aromatic carbocycles. The molecule has 0 amide bonds. The van der Waals surface area contributed by atoms with Crippen molar-refractivity contribution in [1.82, 2.24) is 9.80 Å². The van der Waals surface area contributed by atoms with E-state index < -0.39 is 12.5 Å². The number of rotatable bonds is 7. The number of piperazine rings is 1. The third-order valence-electron chi connectivity index (χ3n) is 3.94. The maximum Gasteiger partial charge on any atom is 0.461 e. The van der Waals surface area contributed by atoms with Crippen LogP contribution in [0.5, 0.6) is 5.75 Å². The average molecular weight is 334 g/mol. The van der Waals surface area contributed by atoms with Gasteiger partial charge < -0.3 is 14.5 Å². The third-order valence-corrected chi connectivity index (χ3v) is 3.94. The fraction of sp³-hybridized carbons (Fsp3) is 0.625. The maximum atomic E-state index is 12.9. The van der Waals surface area contributed by atoms with Crippen molar-refractivity contribution < 1.29 is 22.3 Å². The van der Waals surface area contributed by atoms with E-state index in [0.29, 0.717) is 6.42 Å². The fourth-order valence-electron chi connectivity index (χ4n) is 2.54. The number of ether oxygens (including phenoxy) is 1. The molecule has 1 aliphatic rings. The first kappa shape index (κ1) is 18.0. The summed E-state index contributed by atoms with van der Waals surface area (Å²) in [5, 5.41) is 0. The lowest BCUT2D eigenvalue weighted by Gasteiger charge is -2.32. The van der Waals surface area contributed by atoms with E-state index in [0.717, 1.165) is 44.7 Å². The van der Waals surface area contributed by atoms with E-state index in [4.69, 9.17) is 0 Å². The molecule has 0 spiro atoms. The second-order valence-corrected chi connectivity index (χ2v) is 5.86. The summed E-state index contributed by atoms with van der Waals surface area (Å²) in [6.45, 7) is 5.09. The van der Waals surface area contributed by atoms with Crippen molar-refractivity contribution in [2.75, 3.05) is 39.8 Å². The Labute approximate surface area is 133 Å². The monoisotopic (exact) mass is 334 g/mol. The Kier molecular flexibility index (Phi) is 6.24. The van der Waals surface area contributed by atoms with Gasteiger partial charge in [0.2, 0.25) is 0 Å². The molecule has 3 nitrogen and oxygen atoms in total. The van der Waals surface area contributed by atoms with E-state index in [1.54, 1.807) is 12.1 Å². The Morgan fingerprint density at radius 1 is 1.17 bits per heavy atom. The van der Waals surface area contributed by atoms with Crippen LogP contribution in [0, 0.1) is 0 Å². The number of aryl methyl sites for hydroxylation is 1. The summed E-state index contributed by atoms with van der Waals surface area (Å²) in [5.74, 6) is -0.229. The van der Waals surface area contributed by atoms with Crippen LogP contribution in [0.3, 0.4) is 0 Å². The molecule has 1 aromatic rings. The summed E-state index contributed by atoms with van der Waals surface area (Å²) in [7, 11) is 2.10. The van der Waals surface area contributed by atoms with Crippen LogP contribution in [-0.2, 0) is 6.42 Å². The first-order chi connectivity index (χ1) is 10.9. The number of halogens is 4. The molecule has 7 heteroatoms. The van der Waals surface area contributed by atoms with Crippen molar-refractivity contribution in [2.24, 2.45) is 0 Å². The molecule has 0 atom stereocenters. The van der Waals surface area contributed by atoms with Crippen molar-refractivity contribution in [3.8, 4) is 5.75 Å². The topological polar surface area (TPSA) is 15.7 Å². The highest BCUT2D eigenvalue weighted by atomic mass is 19.3. The minimum atomic E-state index is -4.46. The number of alkyl halides is 4. The molecule has 1 fully saturated rings. The summed E-state index contributed by atoms with van der Waals surface area (Å²) >= 11 is 0. The number of likely N-dealkylation sites (N-methyl/N-ethyl adjacent to an activating group) is 1. The number of nitrogens with zero attached hydrogens (tertiary/aromatic N) is 2. The minimum absolute atomic E-state index is 0.229. The molecule has 0 radical (unpaired) electrons. The van der Waals surface area contributed by atoms with Crippen LogP contribution < -0.4 is 4.74 Å². The third kappa shape index (κ3) is 5.66. The van der Waals surface area contributed by atoms with Gasteiger partial charge in [-0.15, -0.1) is 0 Å². The molecule has 0 aromatic heterocycles. The SMILES string of the molecule is CN1CCN(CCCc2cccc(OC(F)(F)C(F)F)c2)CC1. The van der Waals surface area contributed by atoms with Crippen molar-refractivity contribution >= 4 is 0 Å². The molecule has 2 rings (SSSR count). The van der Waals surface area contributed by atoms with E-state index in [1.807, 2.05) is 0 Å². The van der Waals surface area contributed by atoms with Crippen LogP contribution in [-0.4, -0.2) is 62.1 Å². The lowest BCUT2D eigenvalue weighted by Crippen LogP contribution is -2.44. The van der Waals surface area contributed by atoms with Crippen LogP contribution in [0.2, 0.25) is 0 Å². The Bertz CT molecular complexity index is 491. The number of hydrogen-bond acceptors (Lipinski definition) is 3. The second-order valence-electron chi connectivity index (χ2n) is 5.86. The molecule has 23 heavy (non-hydrogen) atoms. The highest BCUT2D eigenvalue weighted by molar-refractivity contribution is 5.29. The first-order valence-electron chi connectivity index (χ1n) is 7.71. The number of hydrogen-bond donors (Lipinski definition) is 0. The summed E-state index contributed by atoms with van der Waals surface area (Å²) < 4.78 is 54.2. The van der Waals surface area contributed by atoms with E-state index in [-0.39, 0.29) is 5.75 Å². The van der Waals surface area contributed by atoms with Gasteiger partial charge in [-0.1, -0.05) is 12.1 Å². The highest BCUT2D eigenvalue weighted by Crippen LogP contribution is 2.28. The summed E-state index contributed by atoms with van der Waals surface area (Å²) in [4.78, 5) is 4.64. The maximum absolute atomic E-state index is 12.9. The predicted molar refractivity (Wildman–Crippen MR) is 80.3 cm³/mol. The van der Waals surface area contributed by atoms with Gasteiger partial charge in [0.05, 0.1) is 0 Å². The molecular formula is C16H22F4N2O. The Morgan fingerprint density at radius 2 is 1.87 bits per heavy atom. The van der Waals surface area contributed by atoms with E-state index in [1.165, 1.54) is 12.1 Å². The van der Waals surface area contributed by atoms with Gasteiger partial charge in [-0.05, 0) is 44.1 Å². The van der Waals surface area contributed by atoms with Gasteiger partial charge in [0.25, 0.3) is 0 Å². The molecule has 130 valence electrons. The Balaban J connectivity index is 1.81. The van der Waals surface area contributed by atoms with Gasteiger partial charge >= 0.3 is 12.5 Å². The molecule has 1 saturated heterocycles. The van der Waals surface area contributed by atoms with Gasteiger partial charge in [0.15, 0.2) is 0 Å². The molecule has 0 aliphatic carbocycles. The zero-order valence-corrected chi connectivity index (χ0v) is 13.2. The Morgan fingerprint density at radius 3 is 2.52 bits per heavy atom. The lowest BCUT2D eigenvalue weighted by molar-refractivity contribution is -0.253. The van der Waals surface area contributed by atoms with Crippen LogP contribution in [0.25, 0.3) is 0 Å². The fourth-order valence-corrected chi connectivity index (χ4v) is 2.54. The van der Waals surface area contributed by atoms with Crippen LogP contribution in [0.4, 0.5) is 17.6 Å². The van der Waals surface area contributed by atoms with Crippen molar-refractivity contribution in [1.29, 1.82) is 0 Å². The zero-order chi connectivity index (χ0) is 16.9.